The van der Waals surface area contributed by atoms with Crippen molar-refractivity contribution in [2.75, 3.05) is 77.2 Å². The maximum Gasteiger partial charge on any atom is 0.267 e. The Morgan fingerprint density at radius 3 is 1.97 bits per heavy atom. The Morgan fingerprint density at radius 2 is 1.41 bits per heavy atom. The van der Waals surface area contributed by atoms with E-state index in [9.17, 15) is 23.7 Å². The number of ether oxygens (including phenoxy) is 5. The Morgan fingerprint density at radius 1 is 0.846 bits per heavy atom. The number of amides is 4. The smallest absolute Gasteiger partial charge is 0.267 e. The van der Waals surface area contributed by atoms with Crippen molar-refractivity contribution < 1.29 is 47.4 Å². The lowest BCUT2D eigenvalue weighted by Gasteiger charge is -2.27. The van der Waals surface area contributed by atoms with Crippen LogP contribution in [-0.4, -0.2) is 116 Å². The van der Waals surface area contributed by atoms with Crippen LogP contribution >= 0.6 is 15.9 Å². The quantitative estimate of drug-likeness (QED) is 0.0996. The molecule has 0 radical (unpaired) electrons. The van der Waals surface area contributed by atoms with Crippen molar-refractivity contribution in [3.05, 3.63) is 29.3 Å². The van der Waals surface area contributed by atoms with Crippen molar-refractivity contribution in [1.82, 2.24) is 10.2 Å². The van der Waals surface area contributed by atoms with E-state index in [0.717, 1.165) is 10.2 Å². The van der Waals surface area contributed by atoms with E-state index in [1.165, 1.54) is 12.1 Å². The Balaban J connectivity index is 1.31. The summed E-state index contributed by atoms with van der Waals surface area (Å²) in [5.41, 5.74) is 0.125. The standard InChI is InChI=1S/C25H33BrN2O10S/c26-6-7-34-8-9-35-10-11-36-12-13-37-14-15-38-16-17-39(33)20-3-1-2-18-22(20)25(32)28(24(18)31)19-4-5-21(29)27-23(19)30/h1-3,19H,4-17H2,(H,27,29,30). The summed E-state index contributed by atoms with van der Waals surface area (Å²) in [7, 11) is 0. The Labute approximate surface area is 238 Å². The number of carbonyl (C=O) groups is 4. The molecule has 2 unspecified atom stereocenters. The largest absolute Gasteiger partial charge is 0.611 e. The molecule has 2 heterocycles. The van der Waals surface area contributed by atoms with Crippen molar-refractivity contribution in [3.8, 4) is 0 Å². The number of nitrogens with one attached hydrogen (secondary N) is 1. The van der Waals surface area contributed by atoms with Crippen LogP contribution in [-0.2, 0) is 44.4 Å². The molecule has 2 aliphatic heterocycles. The number of fused-ring (bicyclic) bond motifs is 1. The third kappa shape index (κ3) is 9.32. The summed E-state index contributed by atoms with van der Waals surface area (Å²) in [6, 6.07) is 3.47. The number of halogens is 1. The van der Waals surface area contributed by atoms with Crippen molar-refractivity contribution in [2.45, 2.75) is 23.8 Å². The lowest BCUT2D eigenvalue weighted by Crippen LogP contribution is -2.54. The maximum atomic E-state index is 13.1. The Kier molecular flexibility index (Phi) is 13.8. The molecule has 1 aromatic rings. The maximum absolute atomic E-state index is 13.1. The highest BCUT2D eigenvalue weighted by molar-refractivity contribution is 9.09. The molecule has 216 valence electrons. The second-order valence-electron chi connectivity index (χ2n) is 8.43. The molecule has 2 aliphatic rings. The minimum Gasteiger partial charge on any atom is -0.611 e. The monoisotopic (exact) mass is 632 g/mol. The van der Waals surface area contributed by atoms with Gasteiger partial charge < -0.3 is 28.2 Å². The van der Waals surface area contributed by atoms with E-state index in [1.54, 1.807) is 6.07 Å². The number of alkyl halides is 1. The van der Waals surface area contributed by atoms with E-state index in [1.807, 2.05) is 0 Å². The van der Waals surface area contributed by atoms with Crippen molar-refractivity contribution in [1.29, 1.82) is 0 Å². The van der Waals surface area contributed by atoms with Crippen LogP contribution in [0, 0.1) is 0 Å². The van der Waals surface area contributed by atoms with Crippen LogP contribution in [0.1, 0.15) is 33.6 Å². The van der Waals surface area contributed by atoms with E-state index in [4.69, 9.17) is 23.7 Å². The molecule has 1 fully saturated rings. The minimum atomic E-state index is -1.61. The summed E-state index contributed by atoms with van der Waals surface area (Å²) < 4.78 is 39.9. The van der Waals surface area contributed by atoms with Gasteiger partial charge in [0.2, 0.25) is 11.8 Å². The fraction of sp³-hybridized carbons (Fsp3) is 0.600. The van der Waals surface area contributed by atoms with Gasteiger partial charge in [0, 0.05) is 11.8 Å². The van der Waals surface area contributed by atoms with Crippen LogP contribution < -0.4 is 5.32 Å². The molecule has 39 heavy (non-hydrogen) atoms. The molecule has 0 aromatic heterocycles. The Bertz CT molecular complexity index is 998. The molecule has 1 N–H and O–H groups in total. The summed E-state index contributed by atoms with van der Waals surface area (Å²) in [5, 5.41) is 2.96. The van der Waals surface area contributed by atoms with Gasteiger partial charge in [-0.15, -0.1) is 0 Å². The van der Waals surface area contributed by atoms with E-state index in [2.05, 4.69) is 21.2 Å². The number of piperidine rings is 1. The highest BCUT2D eigenvalue weighted by Crippen LogP contribution is 2.32. The van der Waals surface area contributed by atoms with E-state index < -0.39 is 40.8 Å². The van der Waals surface area contributed by atoms with Crippen molar-refractivity contribution in [3.63, 3.8) is 0 Å². The molecule has 0 aliphatic carbocycles. The average molecular weight is 634 g/mol. The van der Waals surface area contributed by atoms with Gasteiger partial charge in [0.15, 0.2) is 4.90 Å². The Hall–Kier alpha value is -1.91. The summed E-state index contributed by atoms with van der Waals surface area (Å²) in [4.78, 5) is 50.8. The topological polar surface area (TPSA) is 153 Å². The zero-order chi connectivity index (χ0) is 28.0. The molecule has 1 aromatic carbocycles. The molecule has 2 atom stereocenters. The van der Waals surface area contributed by atoms with Gasteiger partial charge in [0.05, 0.1) is 71.6 Å². The fourth-order valence-electron chi connectivity index (χ4n) is 3.95. The first-order valence-corrected chi connectivity index (χ1v) is 15.1. The molecule has 3 rings (SSSR count). The molecule has 4 amide bonds. The van der Waals surface area contributed by atoms with Crippen LogP contribution in [0.25, 0.3) is 0 Å². The molecule has 0 bridgehead atoms. The number of imide groups is 2. The minimum absolute atomic E-state index is 0.0277. The zero-order valence-corrected chi connectivity index (χ0v) is 23.9. The van der Waals surface area contributed by atoms with E-state index in [-0.39, 0.29) is 41.2 Å². The zero-order valence-electron chi connectivity index (χ0n) is 21.5. The second kappa shape index (κ2) is 17.0. The van der Waals surface area contributed by atoms with Gasteiger partial charge in [-0.2, -0.15) is 0 Å². The first-order chi connectivity index (χ1) is 19.0. The third-order valence-corrected chi connectivity index (χ3v) is 7.49. The van der Waals surface area contributed by atoms with Gasteiger partial charge in [0.25, 0.3) is 11.8 Å². The number of hydrogen-bond donors (Lipinski definition) is 1. The molecule has 1 saturated heterocycles. The third-order valence-electron chi connectivity index (χ3n) is 5.80. The molecular weight excluding hydrogens is 600 g/mol. The van der Waals surface area contributed by atoms with Crippen LogP contribution in [0.4, 0.5) is 0 Å². The van der Waals surface area contributed by atoms with Gasteiger partial charge in [-0.3, -0.25) is 29.4 Å². The van der Waals surface area contributed by atoms with E-state index in [0.29, 0.717) is 59.5 Å². The predicted molar refractivity (Wildman–Crippen MR) is 142 cm³/mol. The molecule has 14 heteroatoms. The lowest BCUT2D eigenvalue weighted by atomic mass is 10.0. The number of hydrogen-bond acceptors (Lipinski definition) is 10. The number of rotatable bonds is 19. The fourth-order valence-corrected chi connectivity index (χ4v) is 5.33. The highest BCUT2D eigenvalue weighted by atomic mass is 79.9. The molecular formula is C25H33BrN2O10S. The van der Waals surface area contributed by atoms with Gasteiger partial charge in [-0.25, -0.2) is 0 Å². The lowest BCUT2D eigenvalue weighted by molar-refractivity contribution is -0.136. The van der Waals surface area contributed by atoms with Gasteiger partial charge in [0.1, 0.15) is 17.4 Å². The average Bonchev–Trinajstić information content (AvgIpc) is 3.18. The summed E-state index contributed by atoms with van der Waals surface area (Å²) in [6.07, 6.45) is 0.0821. The number of carbonyl (C=O) groups excluding carboxylic acids is 4. The molecule has 12 nitrogen and oxygen atoms in total. The van der Waals surface area contributed by atoms with Gasteiger partial charge in [-0.05, 0) is 29.7 Å². The molecule has 0 spiro atoms. The van der Waals surface area contributed by atoms with Gasteiger partial charge in [-0.1, -0.05) is 22.0 Å². The SMILES string of the molecule is O=C1CCC(N2C(=O)c3cccc([S+]([O-])CCOCCOCCOCCOCCOCCBr)c3C2=O)C(=O)N1. The predicted octanol–water partition coefficient (Wildman–Crippen LogP) is 0.673. The second-order valence-corrected chi connectivity index (χ2v) is 10.8. The van der Waals surface area contributed by atoms with Gasteiger partial charge >= 0.3 is 0 Å². The van der Waals surface area contributed by atoms with Crippen molar-refractivity contribution >= 4 is 50.7 Å². The molecule has 0 saturated carbocycles. The van der Waals surface area contributed by atoms with Crippen LogP contribution in [0.3, 0.4) is 0 Å². The number of nitrogens with zero attached hydrogens (tertiary/aromatic N) is 1. The van der Waals surface area contributed by atoms with Crippen LogP contribution in [0.15, 0.2) is 23.1 Å². The first-order valence-electron chi connectivity index (χ1n) is 12.6. The first kappa shape index (κ1) is 31.6. The van der Waals surface area contributed by atoms with E-state index >= 15 is 0 Å². The highest BCUT2D eigenvalue weighted by Gasteiger charge is 2.47. The number of benzene rings is 1. The summed E-state index contributed by atoms with van der Waals surface area (Å²) in [5.74, 6) is -2.35. The van der Waals surface area contributed by atoms with Crippen LogP contribution in [0.5, 0.6) is 0 Å². The van der Waals surface area contributed by atoms with Crippen LogP contribution in [0.2, 0.25) is 0 Å². The summed E-state index contributed by atoms with van der Waals surface area (Å²) in [6.45, 7) is 4.30. The van der Waals surface area contributed by atoms with Crippen molar-refractivity contribution in [2.24, 2.45) is 0 Å². The summed E-state index contributed by atoms with van der Waals surface area (Å²) >= 11 is 1.66. The normalized spacial score (nSPS) is 18.0.